The highest BCUT2D eigenvalue weighted by Crippen LogP contribution is 2.47. The Morgan fingerprint density at radius 3 is 0.774 bits per heavy atom. The van der Waals surface area contributed by atoms with E-state index in [0.29, 0.717) is 0 Å². The maximum atomic E-state index is 7.55. The summed E-state index contributed by atoms with van der Waals surface area (Å²) in [5.41, 5.74) is 29.2. The molecule has 3 heterocycles. The number of furan rings is 1. The zero-order valence-electron chi connectivity index (χ0n) is 50.8. The summed E-state index contributed by atoms with van der Waals surface area (Å²) >= 11 is 0. The van der Waals surface area contributed by atoms with Crippen LogP contribution in [0.5, 0.6) is 0 Å². The summed E-state index contributed by atoms with van der Waals surface area (Å²) in [6.07, 6.45) is 0. The van der Waals surface area contributed by atoms with Crippen LogP contribution >= 0.6 is 0 Å². The van der Waals surface area contributed by atoms with Gasteiger partial charge in [0, 0.05) is 43.4 Å². The van der Waals surface area contributed by atoms with Gasteiger partial charge in [0.15, 0.2) is 5.58 Å². The average molecular weight is 1180 g/mol. The highest BCUT2D eigenvalue weighted by Gasteiger charge is 2.25. The summed E-state index contributed by atoms with van der Waals surface area (Å²) in [4.78, 5) is 0. The number of rotatable bonds is 11. The van der Waals surface area contributed by atoms with E-state index >= 15 is 0 Å². The molecule has 0 aliphatic heterocycles. The molecule has 0 unspecified atom stereocenters. The van der Waals surface area contributed by atoms with Crippen molar-refractivity contribution in [2.45, 2.75) is 0 Å². The predicted octanol–water partition coefficient (Wildman–Crippen LogP) is 24.8. The Morgan fingerprint density at radius 1 is 0.161 bits per heavy atom. The van der Waals surface area contributed by atoms with Gasteiger partial charge in [0.2, 0.25) is 0 Å². The Kier molecular flexibility index (Phi) is 12.9. The summed E-state index contributed by atoms with van der Waals surface area (Å²) in [5.74, 6) is 0. The smallest absolute Gasteiger partial charge is 0.159 e. The Labute approximate surface area is 539 Å². The molecule has 0 saturated heterocycles. The van der Waals surface area contributed by atoms with Gasteiger partial charge in [-0.15, -0.1) is 0 Å². The first-order valence-corrected chi connectivity index (χ1v) is 32.0. The van der Waals surface area contributed by atoms with Gasteiger partial charge in [-0.05, 0) is 150 Å². The fourth-order valence-corrected chi connectivity index (χ4v) is 14.7. The molecule has 0 saturated carbocycles. The third-order valence-electron chi connectivity index (χ3n) is 19.0. The maximum Gasteiger partial charge on any atom is 0.159 e. The standard InChI is InChI=1S/C90H58N2O/c1-5-25-59(26-6-1)67-33-13-17-37-71(67)63-47-51-84-79(55-63)80-56-64(72-38-18-14-34-68(72)60-27-7-2-8-28-60)48-52-85(80)91(84)83-45-22-21-41-75(83)76-42-23-43-77-78-44-24-46-88(90(78)93-89(76)77)92-86-53-49-65(73-39-19-15-35-69(73)61-29-9-3-10-30-61)57-81(86)82-58-66(50-54-87(82)92)74-40-20-16-36-70(74)62-31-11-4-12-32-62/h1-58H. The number of aromatic nitrogens is 2. The largest absolute Gasteiger partial charge is 0.453 e. The molecule has 0 aliphatic carbocycles. The van der Waals surface area contributed by atoms with Gasteiger partial charge < -0.3 is 13.6 Å². The number of hydrogen-bond acceptors (Lipinski definition) is 1. The van der Waals surface area contributed by atoms with Crippen molar-refractivity contribution in [2.75, 3.05) is 0 Å². The van der Waals surface area contributed by atoms with Crippen LogP contribution in [0.25, 0.3) is 177 Å². The quantitative estimate of drug-likeness (QED) is 0.127. The Balaban J connectivity index is 0.830. The molecule has 0 bridgehead atoms. The van der Waals surface area contributed by atoms with Crippen molar-refractivity contribution in [3.05, 3.63) is 352 Å². The molecule has 3 nitrogen and oxygen atoms in total. The minimum absolute atomic E-state index is 0.830. The lowest BCUT2D eigenvalue weighted by Crippen LogP contribution is -1.97. The summed E-state index contributed by atoms with van der Waals surface area (Å²) in [7, 11) is 0. The zero-order valence-corrected chi connectivity index (χ0v) is 50.8. The average Bonchev–Trinajstić information content (AvgIpc) is 1.66. The number of para-hydroxylation sites is 3. The van der Waals surface area contributed by atoms with Gasteiger partial charge >= 0.3 is 0 Å². The number of hydrogen-bond donors (Lipinski definition) is 0. The Hall–Kier alpha value is -12.3. The number of fused-ring (bicyclic) bond motifs is 9. The first-order valence-electron chi connectivity index (χ1n) is 32.0. The first kappa shape index (κ1) is 53.7. The molecular formula is C90H58N2O. The van der Waals surface area contributed by atoms with Crippen molar-refractivity contribution in [3.8, 4) is 112 Å². The molecule has 18 aromatic rings. The van der Waals surface area contributed by atoms with E-state index in [1.54, 1.807) is 0 Å². The molecule has 18 rings (SSSR count). The van der Waals surface area contributed by atoms with Crippen molar-refractivity contribution in [3.63, 3.8) is 0 Å². The van der Waals surface area contributed by atoms with Crippen LogP contribution < -0.4 is 0 Å². The molecule has 0 atom stereocenters. The van der Waals surface area contributed by atoms with Gasteiger partial charge in [-0.25, -0.2) is 0 Å². The Morgan fingerprint density at radius 2 is 0.419 bits per heavy atom. The van der Waals surface area contributed by atoms with E-state index in [1.165, 1.54) is 88.3 Å². The molecule has 15 aromatic carbocycles. The first-order chi connectivity index (χ1) is 46.2. The van der Waals surface area contributed by atoms with Gasteiger partial charge in [-0.2, -0.15) is 0 Å². The highest BCUT2D eigenvalue weighted by molar-refractivity contribution is 6.17. The van der Waals surface area contributed by atoms with Crippen LogP contribution in [0.1, 0.15) is 0 Å². The van der Waals surface area contributed by atoms with E-state index in [2.05, 4.69) is 361 Å². The monoisotopic (exact) mass is 1180 g/mol. The summed E-state index contributed by atoms with van der Waals surface area (Å²) in [6.45, 7) is 0. The third-order valence-corrected chi connectivity index (χ3v) is 19.0. The molecule has 0 fully saturated rings. The number of nitrogens with zero attached hydrogens (tertiary/aromatic N) is 2. The molecule has 0 amide bonds. The summed E-state index contributed by atoms with van der Waals surface area (Å²) < 4.78 is 12.5. The summed E-state index contributed by atoms with van der Waals surface area (Å²) in [5, 5.41) is 6.80. The molecule has 3 aromatic heterocycles. The van der Waals surface area contributed by atoms with Gasteiger partial charge in [0.05, 0.1) is 33.4 Å². The van der Waals surface area contributed by atoms with Crippen LogP contribution in [0, 0.1) is 0 Å². The van der Waals surface area contributed by atoms with E-state index in [1.807, 2.05) is 0 Å². The molecule has 0 N–H and O–H groups in total. The van der Waals surface area contributed by atoms with Crippen molar-refractivity contribution in [1.29, 1.82) is 0 Å². The fraction of sp³-hybridized carbons (Fsp3) is 0. The third kappa shape index (κ3) is 9.04. The van der Waals surface area contributed by atoms with E-state index in [4.69, 9.17) is 4.42 Å². The van der Waals surface area contributed by atoms with Crippen molar-refractivity contribution in [1.82, 2.24) is 9.13 Å². The second-order valence-corrected chi connectivity index (χ2v) is 24.2. The SMILES string of the molecule is c1ccc(-c2ccccc2-c2ccc3c(c2)c2cc(-c4ccccc4-c4ccccc4)ccc2n3-c2ccccc2-c2cccc3c2oc2c(-n4c5ccc(-c6ccccc6-c6ccccc6)cc5c5cc(-c6ccccc6-c6ccccc6)ccc54)cccc23)cc1. The van der Waals surface area contributed by atoms with Gasteiger partial charge in [-0.3, -0.25) is 0 Å². The molecular weight excluding hydrogens is 1130 g/mol. The van der Waals surface area contributed by atoms with E-state index in [9.17, 15) is 0 Å². The van der Waals surface area contributed by atoms with Crippen LogP contribution in [0.2, 0.25) is 0 Å². The topological polar surface area (TPSA) is 23.0 Å². The van der Waals surface area contributed by atoms with E-state index < -0.39 is 0 Å². The van der Waals surface area contributed by atoms with Gasteiger partial charge in [0.25, 0.3) is 0 Å². The maximum absolute atomic E-state index is 7.55. The lowest BCUT2D eigenvalue weighted by Gasteiger charge is -2.15. The lowest BCUT2D eigenvalue weighted by molar-refractivity contribution is 0.667. The second-order valence-electron chi connectivity index (χ2n) is 24.2. The van der Waals surface area contributed by atoms with Crippen molar-refractivity contribution in [2.24, 2.45) is 0 Å². The van der Waals surface area contributed by atoms with E-state index in [-0.39, 0.29) is 0 Å². The zero-order chi connectivity index (χ0) is 61.3. The van der Waals surface area contributed by atoms with Crippen molar-refractivity contribution >= 4 is 65.6 Å². The van der Waals surface area contributed by atoms with Crippen LogP contribution in [-0.2, 0) is 0 Å². The van der Waals surface area contributed by atoms with E-state index in [0.717, 1.165) is 88.8 Å². The molecule has 93 heavy (non-hydrogen) atoms. The molecule has 434 valence electrons. The van der Waals surface area contributed by atoms with Crippen LogP contribution in [-0.4, -0.2) is 9.13 Å². The minimum atomic E-state index is 0.830. The lowest BCUT2D eigenvalue weighted by atomic mass is 9.92. The number of benzene rings is 15. The van der Waals surface area contributed by atoms with Crippen LogP contribution in [0.15, 0.2) is 356 Å². The highest BCUT2D eigenvalue weighted by atomic mass is 16.3. The van der Waals surface area contributed by atoms with Crippen LogP contribution in [0.3, 0.4) is 0 Å². The fourth-order valence-electron chi connectivity index (χ4n) is 14.7. The molecule has 0 spiro atoms. The molecule has 3 heteroatoms. The molecule has 0 radical (unpaired) electrons. The van der Waals surface area contributed by atoms with Crippen molar-refractivity contribution < 1.29 is 4.42 Å². The Bertz CT molecular complexity index is 5630. The van der Waals surface area contributed by atoms with Gasteiger partial charge in [0.1, 0.15) is 5.58 Å². The second kappa shape index (κ2) is 22.3. The molecule has 0 aliphatic rings. The predicted molar refractivity (Wildman–Crippen MR) is 391 cm³/mol. The van der Waals surface area contributed by atoms with Gasteiger partial charge in [-0.1, -0.05) is 291 Å². The van der Waals surface area contributed by atoms with Crippen LogP contribution in [0.4, 0.5) is 0 Å². The normalized spacial score (nSPS) is 11.7. The minimum Gasteiger partial charge on any atom is -0.453 e. The summed E-state index contributed by atoms with van der Waals surface area (Å²) in [6, 6.07) is 128.